The summed E-state index contributed by atoms with van der Waals surface area (Å²) in [6, 6.07) is 22.0. The zero-order chi connectivity index (χ0) is 16.4. The van der Waals surface area contributed by atoms with Crippen molar-refractivity contribution in [1.82, 2.24) is 4.98 Å². The van der Waals surface area contributed by atoms with Crippen molar-refractivity contribution in [3.05, 3.63) is 95.3 Å². The molecule has 1 unspecified atom stereocenters. The normalized spacial score (nSPS) is 16.2. The van der Waals surface area contributed by atoms with Crippen molar-refractivity contribution < 1.29 is 0 Å². The van der Waals surface area contributed by atoms with Gasteiger partial charge in [-0.1, -0.05) is 48.0 Å². The predicted molar refractivity (Wildman–Crippen MR) is 99.4 cm³/mol. The van der Waals surface area contributed by atoms with Gasteiger partial charge in [-0.25, -0.2) is 0 Å². The van der Waals surface area contributed by atoms with E-state index >= 15 is 0 Å². The summed E-state index contributed by atoms with van der Waals surface area (Å²) < 4.78 is 0. The Bertz CT molecular complexity index is 809. The SMILES string of the molecule is Cc1ccc(CC2CN(Cc3ccncc3)c3ccccc32)cc1. The smallest absolute Gasteiger partial charge is 0.0430 e. The van der Waals surface area contributed by atoms with E-state index in [1.807, 2.05) is 12.4 Å². The summed E-state index contributed by atoms with van der Waals surface area (Å²) in [6.45, 7) is 4.17. The van der Waals surface area contributed by atoms with Crippen molar-refractivity contribution in [3.8, 4) is 0 Å². The van der Waals surface area contributed by atoms with Gasteiger partial charge >= 0.3 is 0 Å². The minimum absolute atomic E-state index is 0.561. The van der Waals surface area contributed by atoms with E-state index in [2.05, 4.69) is 77.5 Å². The molecule has 0 bridgehead atoms. The van der Waals surface area contributed by atoms with Crippen LogP contribution in [0.1, 0.15) is 28.2 Å². The van der Waals surface area contributed by atoms with Crippen molar-refractivity contribution in [3.63, 3.8) is 0 Å². The maximum atomic E-state index is 4.12. The van der Waals surface area contributed by atoms with Gasteiger partial charge in [-0.3, -0.25) is 4.98 Å². The molecular formula is C22H22N2. The van der Waals surface area contributed by atoms with Crippen LogP contribution in [0.5, 0.6) is 0 Å². The van der Waals surface area contributed by atoms with Gasteiger partial charge in [0.2, 0.25) is 0 Å². The Hall–Kier alpha value is -2.61. The monoisotopic (exact) mass is 314 g/mol. The molecule has 1 atom stereocenters. The molecule has 1 aliphatic rings. The molecular weight excluding hydrogens is 292 g/mol. The van der Waals surface area contributed by atoms with Crippen LogP contribution in [-0.2, 0) is 13.0 Å². The second-order valence-electron chi connectivity index (χ2n) is 6.68. The highest BCUT2D eigenvalue weighted by molar-refractivity contribution is 5.60. The molecule has 4 rings (SSSR count). The van der Waals surface area contributed by atoms with Crippen LogP contribution in [-0.4, -0.2) is 11.5 Å². The first-order valence-electron chi connectivity index (χ1n) is 8.58. The number of para-hydroxylation sites is 1. The number of benzene rings is 2. The maximum absolute atomic E-state index is 4.12. The Morgan fingerprint density at radius 3 is 2.46 bits per heavy atom. The molecule has 0 spiro atoms. The van der Waals surface area contributed by atoms with Gasteiger partial charge in [0.05, 0.1) is 0 Å². The molecule has 24 heavy (non-hydrogen) atoms. The molecule has 0 saturated carbocycles. The van der Waals surface area contributed by atoms with E-state index in [0.29, 0.717) is 5.92 Å². The van der Waals surface area contributed by atoms with E-state index in [1.54, 1.807) is 0 Å². The number of hydrogen-bond acceptors (Lipinski definition) is 2. The van der Waals surface area contributed by atoms with Gasteiger partial charge in [0.1, 0.15) is 0 Å². The van der Waals surface area contributed by atoms with E-state index in [4.69, 9.17) is 0 Å². The number of aryl methyl sites for hydroxylation is 1. The first-order valence-corrected chi connectivity index (χ1v) is 8.58. The average molecular weight is 314 g/mol. The first kappa shape index (κ1) is 14.9. The molecule has 2 aromatic carbocycles. The second kappa shape index (κ2) is 6.48. The van der Waals surface area contributed by atoms with Crippen LogP contribution in [0.4, 0.5) is 5.69 Å². The third-order valence-electron chi connectivity index (χ3n) is 4.88. The minimum Gasteiger partial charge on any atom is -0.366 e. The number of aromatic nitrogens is 1. The van der Waals surface area contributed by atoms with Crippen LogP contribution in [0.2, 0.25) is 0 Å². The quantitative estimate of drug-likeness (QED) is 0.691. The maximum Gasteiger partial charge on any atom is 0.0430 e. The molecule has 120 valence electrons. The van der Waals surface area contributed by atoms with Crippen LogP contribution in [0, 0.1) is 6.92 Å². The first-order chi connectivity index (χ1) is 11.8. The molecule has 1 aliphatic heterocycles. The summed E-state index contributed by atoms with van der Waals surface area (Å²) in [5.41, 5.74) is 6.92. The lowest BCUT2D eigenvalue weighted by atomic mass is 9.93. The van der Waals surface area contributed by atoms with Crippen LogP contribution in [0.25, 0.3) is 0 Å². The van der Waals surface area contributed by atoms with Crippen molar-refractivity contribution >= 4 is 5.69 Å². The number of rotatable bonds is 4. The van der Waals surface area contributed by atoms with Gasteiger partial charge in [-0.05, 0) is 48.2 Å². The van der Waals surface area contributed by atoms with E-state index in [-0.39, 0.29) is 0 Å². The summed E-state index contributed by atoms with van der Waals surface area (Å²) >= 11 is 0. The summed E-state index contributed by atoms with van der Waals surface area (Å²) in [4.78, 5) is 6.63. The van der Waals surface area contributed by atoms with Crippen LogP contribution in [0.15, 0.2) is 73.1 Å². The minimum atomic E-state index is 0.561. The number of nitrogens with zero attached hydrogens (tertiary/aromatic N) is 2. The van der Waals surface area contributed by atoms with E-state index in [9.17, 15) is 0 Å². The summed E-state index contributed by atoms with van der Waals surface area (Å²) in [5.74, 6) is 0.561. The Balaban J connectivity index is 1.57. The fourth-order valence-corrected chi connectivity index (χ4v) is 3.62. The highest BCUT2D eigenvalue weighted by atomic mass is 15.2. The third kappa shape index (κ3) is 3.05. The molecule has 3 aromatic rings. The molecule has 2 heterocycles. The van der Waals surface area contributed by atoms with Crippen molar-refractivity contribution in [2.75, 3.05) is 11.4 Å². The Morgan fingerprint density at radius 2 is 1.67 bits per heavy atom. The van der Waals surface area contributed by atoms with Crippen molar-refractivity contribution in [2.45, 2.75) is 25.8 Å². The Labute approximate surface area is 143 Å². The van der Waals surface area contributed by atoms with Crippen LogP contribution in [0.3, 0.4) is 0 Å². The van der Waals surface area contributed by atoms with E-state index < -0.39 is 0 Å². The zero-order valence-electron chi connectivity index (χ0n) is 14.0. The zero-order valence-corrected chi connectivity index (χ0v) is 14.0. The highest BCUT2D eigenvalue weighted by Gasteiger charge is 2.28. The van der Waals surface area contributed by atoms with Crippen LogP contribution >= 0.6 is 0 Å². The molecule has 0 aliphatic carbocycles. The Kier molecular flexibility index (Phi) is 4.04. The molecule has 0 N–H and O–H groups in total. The van der Waals surface area contributed by atoms with Gasteiger partial charge in [-0.2, -0.15) is 0 Å². The van der Waals surface area contributed by atoms with Crippen molar-refractivity contribution in [1.29, 1.82) is 0 Å². The Morgan fingerprint density at radius 1 is 0.917 bits per heavy atom. The lowest BCUT2D eigenvalue weighted by Crippen LogP contribution is -2.21. The van der Waals surface area contributed by atoms with Gasteiger partial charge in [0, 0.05) is 37.1 Å². The largest absolute Gasteiger partial charge is 0.366 e. The highest BCUT2D eigenvalue weighted by Crippen LogP contribution is 2.38. The lowest BCUT2D eigenvalue weighted by molar-refractivity contribution is 0.688. The van der Waals surface area contributed by atoms with E-state index in [0.717, 1.165) is 19.5 Å². The number of anilines is 1. The predicted octanol–water partition coefficient (Wildman–Crippen LogP) is 4.74. The fourth-order valence-electron chi connectivity index (χ4n) is 3.62. The average Bonchev–Trinajstić information content (AvgIpc) is 2.96. The molecule has 2 heteroatoms. The van der Waals surface area contributed by atoms with Crippen LogP contribution < -0.4 is 4.90 Å². The number of fused-ring (bicyclic) bond motifs is 1. The molecule has 0 amide bonds. The summed E-state index contributed by atoms with van der Waals surface area (Å²) in [7, 11) is 0. The molecule has 0 radical (unpaired) electrons. The van der Waals surface area contributed by atoms with Gasteiger partial charge in [0.25, 0.3) is 0 Å². The fraction of sp³-hybridized carbons (Fsp3) is 0.227. The van der Waals surface area contributed by atoms with Gasteiger partial charge in [-0.15, -0.1) is 0 Å². The van der Waals surface area contributed by atoms with E-state index in [1.165, 1.54) is 27.9 Å². The second-order valence-corrected chi connectivity index (χ2v) is 6.68. The summed E-state index contributed by atoms with van der Waals surface area (Å²) in [5, 5.41) is 0. The standard InChI is InChI=1S/C22H22N2/c1-17-6-8-18(9-7-17)14-20-16-24(15-19-10-12-23-13-11-19)22-5-3-2-4-21(20)22/h2-13,20H,14-16H2,1H3. The molecule has 1 aromatic heterocycles. The summed E-state index contributed by atoms with van der Waals surface area (Å²) in [6.07, 6.45) is 4.85. The number of pyridine rings is 1. The van der Waals surface area contributed by atoms with Gasteiger partial charge < -0.3 is 4.90 Å². The lowest BCUT2D eigenvalue weighted by Gasteiger charge is -2.20. The number of hydrogen-bond donors (Lipinski definition) is 0. The molecule has 0 fully saturated rings. The molecule has 2 nitrogen and oxygen atoms in total. The molecule has 0 saturated heterocycles. The van der Waals surface area contributed by atoms with Crippen molar-refractivity contribution in [2.24, 2.45) is 0 Å². The third-order valence-corrected chi connectivity index (χ3v) is 4.88. The van der Waals surface area contributed by atoms with Gasteiger partial charge in [0.15, 0.2) is 0 Å². The topological polar surface area (TPSA) is 16.1 Å².